The van der Waals surface area contributed by atoms with Crippen LogP contribution in [-0.4, -0.2) is 38.5 Å². The first-order valence-corrected chi connectivity index (χ1v) is 9.40. The lowest BCUT2D eigenvalue weighted by Crippen LogP contribution is -2.21. The summed E-state index contributed by atoms with van der Waals surface area (Å²) in [6.07, 6.45) is 0. The Morgan fingerprint density at radius 1 is 0.774 bits per heavy atom. The van der Waals surface area contributed by atoms with Crippen molar-refractivity contribution in [2.45, 2.75) is 0 Å². The van der Waals surface area contributed by atoms with Gasteiger partial charge in [0.15, 0.2) is 12.4 Å². The molecule has 0 aromatic heterocycles. The van der Waals surface area contributed by atoms with Gasteiger partial charge in [0.25, 0.3) is 5.91 Å². The molecule has 3 aromatic rings. The van der Waals surface area contributed by atoms with Gasteiger partial charge in [-0.05, 0) is 24.3 Å². The van der Waals surface area contributed by atoms with Crippen LogP contribution in [0.3, 0.4) is 0 Å². The van der Waals surface area contributed by atoms with Gasteiger partial charge >= 0.3 is 5.97 Å². The van der Waals surface area contributed by atoms with Crippen LogP contribution < -0.4 is 14.8 Å². The molecule has 0 saturated carbocycles. The highest BCUT2D eigenvalue weighted by atomic mass is 16.5. The Morgan fingerprint density at radius 3 is 2.06 bits per heavy atom. The monoisotopic (exact) mass is 419 g/mol. The van der Waals surface area contributed by atoms with E-state index in [-0.39, 0.29) is 11.3 Å². The molecule has 0 aliphatic heterocycles. The molecule has 0 fully saturated rings. The Balaban J connectivity index is 1.58. The van der Waals surface area contributed by atoms with Crippen molar-refractivity contribution in [1.29, 1.82) is 0 Å². The maximum Gasteiger partial charge on any atom is 0.338 e. The van der Waals surface area contributed by atoms with Crippen molar-refractivity contribution in [2.75, 3.05) is 26.1 Å². The molecule has 0 radical (unpaired) electrons. The average molecular weight is 419 g/mol. The largest absolute Gasteiger partial charge is 0.497 e. The van der Waals surface area contributed by atoms with E-state index in [0.717, 1.165) is 0 Å². The van der Waals surface area contributed by atoms with Crippen molar-refractivity contribution < 1.29 is 28.6 Å². The molecule has 0 saturated heterocycles. The fraction of sp³-hybridized carbons (Fsp3) is 0.125. The summed E-state index contributed by atoms with van der Waals surface area (Å²) in [5, 5.41) is 2.62. The van der Waals surface area contributed by atoms with Crippen LogP contribution in [0.4, 0.5) is 5.69 Å². The molecule has 0 aliphatic rings. The molecule has 1 amide bonds. The normalized spacial score (nSPS) is 10.1. The van der Waals surface area contributed by atoms with Crippen LogP contribution in [-0.2, 0) is 9.53 Å². The summed E-state index contributed by atoms with van der Waals surface area (Å²) in [4.78, 5) is 36.9. The number of anilines is 1. The van der Waals surface area contributed by atoms with Crippen molar-refractivity contribution in [3.8, 4) is 11.5 Å². The van der Waals surface area contributed by atoms with Crippen molar-refractivity contribution >= 4 is 23.3 Å². The minimum atomic E-state index is -0.675. The lowest BCUT2D eigenvalue weighted by molar-refractivity contribution is -0.119. The highest BCUT2D eigenvalue weighted by Gasteiger charge is 2.14. The summed E-state index contributed by atoms with van der Waals surface area (Å²) in [6, 6.07) is 19.9. The molecule has 0 bridgehead atoms. The number of esters is 1. The molecule has 158 valence electrons. The van der Waals surface area contributed by atoms with E-state index in [9.17, 15) is 14.4 Å². The molecule has 0 heterocycles. The molecule has 0 atom stereocenters. The van der Waals surface area contributed by atoms with Gasteiger partial charge in [0.2, 0.25) is 0 Å². The summed E-state index contributed by atoms with van der Waals surface area (Å²) < 4.78 is 15.4. The maximum absolute atomic E-state index is 12.4. The summed E-state index contributed by atoms with van der Waals surface area (Å²) in [7, 11) is 2.98. The van der Waals surface area contributed by atoms with E-state index in [4.69, 9.17) is 14.2 Å². The van der Waals surface area contributed by atoms with Gasteiger partial charge in [-0.25, -0.2) is 4.79 Å². The summed E-state index contributed by atoms with van der Waals surface area (Å²) in [5.41, 5.74) is 1.64. The number of nitrogens with one attached hydrogen (secondary N) is 1. The van der Waals surface area contributed by atoms with Gasteiger partial charge in [0, 0.05) is 17.2 Å². The fourth-order valence-electron chi connectivity index (χ4n) is 2.83. The van der Waals surface area contributed by atoms with Crippen molar-refractivity contribution in [3.05, 3.63) is 89.5 Å². The molecule has 31 heavy (non-hydrogen) atoms. The molecule has 7 nitrogen and oxygen atoms in total. The molecule has 0 spiro atoms. The number of methoxy groups -OCH3 is 2. The zero-order chi connectivity index (χ0) is 22.2. The zero-order valence-corrected chi connectivity index (χ0v) is 17.1. The van der Waals surface area contributed by atoms with Crippen LogP contribution in [0.1, 0.15) is 26.3 Å². The van der Waals surface area contributed by atoms with Crippen LogP contribution in [0, 0.1) is 0 Å². The number of ether oxygens (including phenoxy) is 3. The van der Waals surface area contributed by atoms with E-state index in [1.165, 1.54) is 26.4 Å². The predicted octanol–water partition coefficient (Wildman–Crippen LogP) is 3.73. The first kappa shape index (κ1) is 21.6. The number of hydrogen-bond acceptors (Lipinski definition) is 6. The lowest BCUT2D eigenvalue weighted by Gasteiger charge is -2.12. The summed E-state index contributed by atoms with van der Waals surface area (Å²) >= 11 is 0. The van der Waals surface area contributed by atoms with E-state index in [2.05, 4.69) is 5.32 Å². The highest BCUT2D eigenvalue weighted by Crippen LogP contribution is 2.28. The van der Waals surface area contributed by atoms with Crippen LogP contribution in [0.15, 0.2) is 72.8 Å². The van der Waals surface area contributed by atoms with E-state index < -0.39 is 18.5 Å². The number of ketones is 1. The van der Waals surface area contributed by atoms with Gasteiger partial charge in [-0.3, -0.25) is 9.59 Å². The Bertz CT molecular complexity index is 1080. The first-order valence-electron chi connectivity index (χ1n) is 9.40. The summed E-state index contributed by atoms with van der Waals surface area (Å²) in [6.45, 7) is -0.482. The molecule has 3 aromatic carbocycles. The molecule has 0 unspecified atom stereocenters. The second kappa shape index (κ2) is 10.1. The van der Waals surface area contributed by atoms with E-state index in [1.807, 2.05) is 6.07 Å². The van der Waals surface area contributed by atoms with Crippen LogP contribution in [0.25, 0.3) is 0 Å². The van der Waals surface area contributed by atoms with Crippen LogP contribution >= 0.6 is 0 Å². The van der Waals surface area contributed by atoms with Gasteiger partial charge in [0.1, 0.15) is 11.5 Å². The van der Waals surface area contributed by atoms with Crippen molar-refractivity contribution in [1.82, 2.24) is 0 Å². The van der Waals surface area contributed by atoms with Gasteiger partial charge < -0.3 is 19.5 Å². The lowest BCUT2D eigenvalue weighted by atomic mass is 10.0. The predicted molar refractivity (Wildman–Crippen MR) is 115 cm³/mol. The second-order valence-electron chi connectivity index (χ2n) is 6.46. The van der Waals surface area contributed by atoms with E-state index >= 15 is 0 Å². The Labute approximate surface area is 179 Å². The smallest absolute Gasteiger partial charge is 0.338 e. The molecular formula is C24H21NO6. The number of rotatable bonds is 8. The Kier molecular flexibility index (Phi) is 7.01. The number of benzene rings is 3. The third-order valence-corrected chi connectivity index (χ3v) is 4.43. The highest BCUT2D eigenvalue weighted by molar-refractivity contribution is 6.09. The van der Waals surface area contributed by atoms with Gasteiger partial charge in [-0.2, -0.15) is 0 Å². The van der Waals surface area contributed by atoms with Gasteiger partial charge in [-0.15, -0.1) is 0 Å². The second-order valence-corrected chi connectivity index (χ2v) is 6.46. The standard InChI is InChI=1S/C24H21NO6/c1-29-19-12-13-21(30-2)20(14-19)25-22(26)15-31-24(28)18-10-8-17(9-11-18)23(27)16-6-4-3-5-7-16/h3-14H,15H2,1-2H3,(H,25,26). The van der Waals surface area contributed by atoms with Gasteiger partial charge in [0.05, 0.1) is 25.5 Å². The first-order chi connectivity index (χ1) is 15.0. The third kappa shape index (κ3) is 5.48. The number of carbonyl (C=O) groups is 3. The Hall–Kier alpha value is -4.13. The SMILES string of the molecule is COc1ccc(OC)c(NC(=O)COC(=O)c2ccc(C(=O)c3ccccc3)cc2)c1. The minimum Gasteiger partial charge on any atom is -0.497 e. The minimum absolute atomic E-state index is 0.146. The topological polar surface area (TPSA) is 90.9 Å². The zero-order valence-electron chi connectivity index (χ0n) is 17.1. The molecule has 1 N–H and O–H groups in total. The molecule has 3 rings (SSSR count). The molecule has 7 heteroatoms. The van der Waals surface area contributed by atoms with Gasteiger partial charge in [-0.1, -0.05) is 42.5 Å². The van der Waals surface area contributed by atoms with E-state index in [1.54, 1.807) is 54.6 Å². The van der Waals surface area contributed by atoms with Crippen LogP contribution in [0.5, 0.6) is 11.5 Å². The van der Waals surface area contributed by atoms with E-state index in [0.29, 0.717) is 28.3 Å². The quantitative estimate of drug-likeness (QED) is 0.442. The Morgan fingerprint density at radius 2 is 1.42 bits per heavy atom. The summed E-state index contributed by atoms with van der Waals surface area (Å²) in [5.74, 6) is -0.369. The van der Waals surface area contributed by atoms with Crippen LogP contribution in [0.2, 0.25) is 0 Å². The maximum atomic E-state index is 12.4. The average Bonchev–Trinajstić information content (AvgIpc) is 2.82. The fourth-order valence-corrected chi connectivity index (χ4v) is 2.83. The number of amides is 1. The number of carbonyl (C=O) groups excluding carboxylic acids is 3. The van der Waals surface area contributed by atoms with Crippen molar-refractivity contribution in [2.24, 2.45) is 0 Å². The number of hydrogen-bond donors (Lipinski definition) is 1. The van der Waals surface area contributed by atoms with Crippen molar-refractivity contribution in [3.63, 3.8) is 0 Å². The third-order valence-electron chi connectivity index (χ3n) is 4.43. The molecule has 0 aliphatic carbocycles. The molecular weight excluding hydrogens is 398 g/mol.